The Hall–Kier alpha value is -0.440. The van der Waals surface area contributed by atoms with Crippen LogP contribution in [0.4, 0.5) is 0 Å². The summed E-state index contributed by atoms with van der Waals surface area (Å²) in [5, 5.41) is 0. The molecule has 1 rings (SSSR count). The monoisotopic (exact) mass is 185 g/mol. The number of allylic oxidation sites excluding steroid dienone is 1. The van der Waals surface area contributed by atoms with Crippen LogP contribution in [0.5, 0.6) is 0 Å². The molecule has 0 atom stereocenters. The van der Waals surface area contributed by atoms with Gasteiger partial charge in [-0.1, -0.05) is 6.08 Å². The third-order valence-corrected chi connectivity index (χ3v) is 2.89. The van der Waals surface area contributed by atoms with Crippen LogP contribution in [0.2, 0.25) is 0 Å². The van der Waals surface area contributed by atoms with Crippen LogP contribution < -0.4 is 0 Å². The first kappa shape index (κ1) is 9.65. The minimum atomic E-state index is 0.167. The lowest BCUT2D eigenvalue weighted by Gasteiger charge is -2.17. The average molecular weight is 185 g/mol. The summed E-state index contributed by atoms with van der Waals surface area (Å²) in [7, 11) is 0. The number of amides is 1. The Morgan fingerprint density at radius 1 is 1.42 bits per heavy atom. The number of carbonyl (C=O) groups is 1. The molecule has 0 aromatic heterocycles. The summed E-state index contributed by atoms with van der Waals surface area (Å²) in [6.45, 7) is 3.72. The lowest BCUT2D eigenvalue weighted by Crippen LogP contribution is -2.31. The van der Waals surface area contributed by atoms with Crippen molar-refractivity contribution in [3.05, 3.63) is 12.2 Å². The fraction of sp³-hybridized carbons (Fsp3) is 0.667. The Kier molecular flexibility index (Phi) is 4.22. The topological polar surface area (TPSA) is 20.3 Å². The van der Waals surface area contributed by atoms with E-state index >= 15 is 0 Å². The van der Waals surface area contributed by atoms with Gasteiger partial charge in [0.2, 0.25) is 5.91 Å². The third kappa shape index (κ3) is 2.89. The first-order valence-electron chi connectivity index (χ1n) is 4.34. The largest absolute Gasteiger partial charge is 0.338 e. The Bertz CT molecular complexity index is 171. The summed E-state index contributed by atoms with van der Waals surface area (Å²) < 4.78 is 0. The van der Waals surface area contributed by atoms with Crippen molar-refractivity contribution in [3.8, 4) is 0 Å². The molecule has 1 aliphatic heterocycles. The second kappa shape index (κ2) is 5.25. The molecule has 3 heteroatoms. The molecule has 1 fully saturated rings. The number of hydrogen-bond acceptors (Lipinski definition) is 2. The van der Waals surface area contributed by atoms with Crippen LogP contribution in [-0.2, 0) is 4.79 Å². The van der Waals surface area contributed by atoms with Crippen molar-refractivity contribution >= 4 is 17.7 Å². The zero-order chi connectivity index (χ0) is 8.81. The molecule has 1 saturated heterocycles. The number of rotatable bonds is 1. The number of hydrogen-bond donors (Lipinski definition) is 0. The van der Waals surface area contributed by atoms with E-state index in [1.807, 2.05) is 23.6 Å². The molecule has 0 bridgehead atoms. The Morgan fingerprint density at radius 3 is 3.00 bits per heavy atom. The molecule has 0 aliphatic carbocycles. The first-order valence-corrected chi connectivity index (χ1v) is 5.49. The van der Waals surface area contributed by atoms with Crippen LogP contribution in [0.3, 0.4) is 0 Å². The quantitative estimate of drug-likeness (QED) is 0.577. The molecule has 68 valence electrons. The van der Waals surface area contributed by atoms with E-state index in [-0.39, 0.29) is 5.91 Å². The van der Waals surface area contributed by atoms with E-state index in [1.165, 1.54) is 5.75 Å². The highest BCUT2D eigenvalue weighted by atomic mass is 32.2. The van der Waals surface area contributed by atoms with Gasteiger partial charge < -0.3 is 4.90 Å². The minimum Gasteiger partial charge on any atom is -0.338 e. The maximum atomic E-state index is 11.4. The van der Waals surface area contributed by atoms with Gasteiger partial charge in [0.25, 0.3) is 0 Å². The summed E-state index contributed by atoms with van der Waals surface area (Å²) in [4.78, 5) is 13.3. The molecule has 12 heavy (non-hydrogen) atoms. The molecule has 0 radical (unpaired) electrons. The molecular formula is C9H15NOS. The number of nitrogens with zero attached hydrogens (tertiary/aromatic N) is 1. The van der Waals surface area contributed by atoms with Gasteiger partial charge in [0, 0.05) is 18.8 Å². The fourth-order valence-electron chi connectivity index (χ4n) is 1.21. The lowest BCUT2D eigenvalue weighted by atomic mass is 10.3. The molecule has 2 nitrogen and oxygen atoms in total. The van der Waals surface area contributed by atoms with Crippen LogP contribution >= 0.6 is 11.8 Å². The predicted octanol–water partition coefficient (Wildman–Crippen LogP) is 1.53. The molecule has 1 aliphatic rings. The maximum absolute atomic E-state index is 11.4. The molecule has 0 spiro atoms. The molecule has 0 saturated carbocycles. The maximum Gasteiger partial charge on any atom is 0.246 e. The minimum absolute atomic E-state index is 0.167. The van der Waals surface area contributed by atoms with Crippen molar-refractivity contribution in [2.45, 2.75) is 13.3 Å². The smallest absolute Gasteiger partial charge is 0.246 e. The normalized spacial score (nSPS) is 19.6. The van der Waals surface area contributed by atoms with Crippen molar-refractivity contribution in [1.82, 2.24) is 4.90 Å². The van der Waals surface area contributed by atoms with Gasteiger partial charge in [0.1, 0.15) is 0 Å². The van der Waals surface area contributed by atoms with Crippen molar-refractivity contribution < 1.29 is 4.79 Å². The summed E-state index contributed by atoms with van der Waals surface area (Å²) in [5.74, 6) is 2.45. The van der Waals surface area contributed by atoms with E-state index in [4.69, 9.17) is 0 Å². The first-order chi connectivity index (χ1) is 5.84. The van der Waals surface area contributed by atoms with Crippen LogP contribution in [0, 0.1) is 0 Å². The van der Waals surface area contributed by atoms with Gasteiger partial charge >= 0.3 is 0 Å². The Labute approximate surface area is 78.0 Å². The zero-order valence-electron chi connectivity index (χ0n) is 7.45. The van der Waals surface area contributed by atoms with E-state index in [0.29, 0.717) is 0 Å². The van der Waals surface area contributed by atoms with Gasteiger partial charge in [-0.15, -0.1) is 0 Å². The standard InChI is InChI=1S/C9H15NOS/c1-2-4-9(11)10-5-3-7-12-8-6-10/h2,4H,3,5-8H2,1H3. The van der Waals surface area contributed by atoms with Gasteiger partial charge in [0.05, 0.1) is 0 Å². The Balaban J connectivity index is 2.42. The van der Waals surface area contributed by atoms with E-state index in [2.05, 4.69) is 0 Å². The number of thioether (sulfide) groups is 1. The summed E-state index contributed by atoms with van der Waals surface area (Å²) >= 11 is 1.94. The predicted molar refractivity (Wildman–Crippen MR) is 53.3 cm³/mol. The van der Waals surface area contributed by atoms with Gasteiger partial charge in [0.15, 0.2) is 0 Å². The highest BCUT2D eigenvalue weighted by Crippen LogP contribution is 2.09. The lowest BCUT2D eigenvalue weighted by molar-refractivity contribution is -0.125. The molecular weight excluding hydrogens is 170 g/mol. The van der Waals surface area contributed by atoms with E-state index in [9.17, 15) is 4.79 Å². The van der Waals surface area contributed by atoms with Crippen molar-refractivity contribution in [3.63, 3.8) is 0 Å². The molecule has 1 heterocycles. The van der Waals surface area contributed by atoms with Gasteiger partial charge in [-0.05, 0) is 25.2 Å². The zero-order valence-corrected chi connectivity index (χ0v) is 8.27. The SMILES string of the molecule is CC=CC(=O)N1CCCSCC1. The molecule has 0 aromatic rings. The highest BCUT2D eigenvalue weighted by Gasteiger charge is 2.12. The summed E-state index contributed by atoms with van der Waals surface area (Å²) in [6, 6.07) is 0. The second-order valence-electron chi connectivity index (χ2n) is 2.79. The third-order valence-electron chi connectivity index (χ3n) is 1.84. The summed E-state index contributed by atoms with van der Waals surface area (Å²) in [5.41, 5.74) is 0. The van der Waals surface area contributed by atoms with E-state index in [0.717, 1.165) is 25.3 Å². The molecule has 0 unspecified atom stereocenters. The van der Waals surface area contributed by atoms with Gasteiger partial charge in [-0.3, -0.25) is 4.79 Å². The van der Waals surface area contributed by atoms with Crippen molar-refractivity contribution in [2.75, 3.05) is 24.6 Å². The van der Waals surface area contributed by atoms with E-state index < -0.39 is 0 Å². The van der Waals surface area contributed by atoms with Crippen LogP contribution in [0.15, 0.2) is 12.2 Å². The van der Waals surface area contributed by atoms with Crippen LogP contribution in [-0.4, -0.2) is 35.4 Å². The summed E-state index contributed by atoms with van der Waals surface area (Å²) in [6.07, 6.45) is 4.59. The van der Waals surface area contributed by atoms with Crippen LogP contribution in [0.25, 0.3) is 0 Å². The van der Waals surface area contributed by atoms with Crippen LogP contribution in [0.1, 0.15) is 13.3 Å². The van der Waals surface area contributed by atoms with Crippen molar-refractivity contribution in [2.24, 2.45) is 0 Å². The molecule has 0 N–H and O–H groups in total. The highest BCUT2D eigenvalue weighted by molar-refractivity contribution is 7.99. The molecule has 0 aromatic carbocycles. The van der Waals surface area contributed by atoms with Crippen molar-refractivity contribution in [1.29, 1.82) is 0 Å². The molecule has 1 amide bonds. The second-order valence-corrected chi connectivity index (χ2v) is 4.02. The Morgan fingerprint density at radius 2 is 2.25 bits per heavy atom. The average Bonchev–Trinajstić information content (AvgIpc) is 2.32. The van der Waals surface area contributed by atoms with E-state index in [1.54, 1.807) is 12.2 Å². The van der Waals surface area contributed by atoms with Gasteiger partial charge in [-0.2, -0.15) is 11.8 Å². The van der Waals surface area contributed by atoms with Gasteiger partial charge in [-0.25, -0.2) is 0 Å². The fourth-order valence-corrected chi connectivity index (χ4v) is 2.10. The number of carbonyl (C=O) groups excluding carboxylic acids is 1.